The van der Waals surface area contributed by atoms with E-state index in [1.807, 2.05) is 0 Å². The van der Waals surface area contributed by atoms with E-state index in [2.05, 4.69) is 11.9 Å². The van der Waals surface area contributed by atoms with Gasteiger partial charge in [-0.2, -0.15) is 0 Å². The second kappa shape index (κ2) is 4.63. The van der Waals surface area contributed by atoms with Gasteiger partial charge >= 0.3 is 0 Å². The lowest BCUT2D eigenvalue weighted by atomic mass is 9.91. The summed E-state index contributed by atoms with van der Waals surface area (Å²) < 4.78 is 0. The molecule has 0 aromatic carbocycles. The molecular formula is C12H23NO. The molecule has 0 aliphatic heterocycles. The number of aliphatic hydroxyl groups is 1. The van der Waals surface area contributed by atoms with E-state index < -0.39 is 0 Å². The van der Waals surface area contributed by atoms with E-state index >= 15 is 0 Å². The Morgan fingerprint density at radius 2 is 1.57 bits per heavy atom. The smallest absolute Gasteiger partial charge is 0.0555 e. The van der Waals surface area contributed by atoms with Crippen LogP contribution in [0, 0.1) is 0 Å². The minimum atomic E-state index is -0.0300. The van der Waals surface area contributed by atoms with Crippen LogP contribution in [-0.4, -0.2) is 35.2 Å². The van der Waals surface area contributed by atoms with Gasteiger partial charge < -0.3 is 10.0 Å². The Balaban J connectivity index is 1.86. The summed E-state index contributed by atoms with van der Waals surface area (Å²) >= 11 is 0. The van der Waals surface area contributed by atoms with Crippen molar-refractivity contribution in [2.24, 2.45) is 0 Å². The zero-order valence-electron chi connectivity index (χ0n) is 9.28. The Bertz CT molecular complexity index is 177. The van der Waals surface area contributed by atoms with E-state index in [1.165, 1.54) is 38.5 Å². The van der Waals surface area contributed by atoms with Crippen molar-refractivity contribution in [2.45, 2.75) is 69.6 Å². The average molecular weight is 197 g/mol. The molecule has 82 valence electrons. The summed E-state index contributed by atoms with van der Waals surface area (Å²) in [6.45, 7) is 0. The van der Waals surface area contributed by atoms with Gasteiger partial charge in [-0.1, -0.05) is 12.8 Å². The van der Waals surface area contributed by atoms with Gasteiger partial charge in [-0.05, 0) is 45.6 Å². The predicted molar refractivity (Wildman–Crippen MR) is 58.3 cm³/mol. The maximum absolute atomic E-state index is 9.64. The molecular weight excluding hydrogens is 174 g/mol. The van der Waals surface area contributed by atoms with E-state index in [9.17, 15) is 5.11 Å². The van der Waals surface area contributed by atoms with E-state index in [0.717, 1.165) is 18.9 Å². The lowest BCUT2D eigenvalue weighted by Crippen LogP contribution is -2.42. The van der Waals surface area contributed by atoms with E-state index in [0.29, 0.717) is 6.04 Å². The van der Waals surface area contributed by atoms with Crippen LogP contribution in [0.3, 0.4) is 0 Å². The predicted octanol–water partition coefficient (Wildman–Crippen LogP) is 2.16. The van der Waals surface area contributed by atoms with Gasteiger partial charge in [-0.25, -0.2) is 0 Å². The first kappa shape index (κ1) is 10.4. The lowest BCUT2D eigenvalue weighted by Gasteiger charge is -2.37. The fraction of sp³-hybridized carbons (Fsp3) is 1.00. The Kier molecular flexibility index (Phi) is 3.45. The van der Waals surface area contributed by atoms with Gasteiger partial charge in [-0.3, -0.25) is 0 Å². The molecule has 2 aliphatic carbocycles. The highest BCUT2D eigenvalue weighted by Crippen LogP contribution is 2.29. The zero-order valence-corrected chi connectivity index (χ0v) is 9.28. The third kappa shape index (κ3) is 2.29. The first-order valence-electron chi connectivity index (χ1n) is 6.17. The molecule has 0 aromatic heterocycles. The van der Waals surface area contributed by atoms with E-state index in [4.69, 9.17) is 0 Å². The molecule has 0 bridgehead atoms. The zero-order chi connectivity index (χ0) is 9.97. The molecule has 0 aromatic rings. The van der Waals surface area contributed by atoms with Crippen molar-refractivity contribution >= 4 is 0 Å². The Labute approximate surface area is 87.3 Å². The molecule has 0 spiro atoms. The second-order valence-corrected chi connectivity index (χ2v) is 5.08. The molecule has 0 amide bonds. The van der Waals surface area contributed by atoms with Crippen LogP contribution in [0.5, 0.6) is 0 Å². The number of hydrogen-bond donors (Lipinski definition) is 1. The van der Waals surface area contributed by atoms with Gasteiger partial charge in [-0.15, -0.1) is 0 Å². The number of rotatable bonds is 2. The minimum Gasteiger partial charge on any atom is -0.393 e. The molecule has 0 heterocycles. The Hall–Kier alpha value is -0.0800. The molecule has 2 aliphatic rings. The summed E-state index contributed by atoms with van der Waals surface area (Å²) in [7, 11) is 2.26. The van der Waals surface area contributed by atoms with Crippen LogP contribution in [0.1, 0.15) is 51.4 Å². The van der Waals surface area contributed by atoms with Gasteiger partial charge in [0.2, 0.25) is 0 Å². The van der Waals surface area contributed by atoms with Crippen molar-refractivity contribution in [3.05, 3.63) is 0 Å². The summed E-state index contributed by atoms with van der Waals surface area (Å²) in [6, 6.07) is 1.46. The standard InChI is InChI=1S/C12H23NO/c1-13(10-5-2-3-6-10)11-7-4-8-12(14)9-11/h10-12,14H,2-9H2,1H3. The number of nitrogens with zero attached hydrogens (tertiary/aromatic N) is 1. The van der Waals surface area contributed by atoms with Crippen molar-refractivity contribution in [2.75, 3.05) is 7.05 Å². The molecule has 1 N–H and O–H groups in total. The first-order valence-corrected chi connectivity index (χ1v) is 6.17. The summed E-state index contributed by atoms with van der Waals surface area (Å²) in [5, 5.41) is 9.64. The van der Waals surface area contributed by atoms with Crippen LogP contribution in [0.4, 0.5) is 0 Å². The molecule has 2 atom stereocenters. The number of aliphatic hydroxyl groups excluding tert-OH is 1. The monoisotopic (exact) mass is 197 g/mol. The van der Waals surface area contributed by atoms with Crippen molar-refractivity contribution in [3.8, 4) is 0 Å². The maximum atomic E-state index is 9.64. The third-order valence-electron chi connectivity index (χ3n) is 4.10. The van der Waals surface area contributed by atoms with Crippen molar-refractivity contribution in [1.29, 1.82) is 0 Å². The summed E-state index contributed by atoms with van der Waals surface area (Å²) in [4.78, 5) is 2.55. The largest absolute Gasteiger partial charge is 0.393 e. The van der Waals surface area contributed by atoms with Gasteiger partial charge in [0, 0.05) is 12.1 Å². The highest BCUT2D eigenvalue weighted by molar-refractivity contribution is 4.84. The summed E-state index contributed by atoms with van der Waals surface area (Å²) in [5.41, 5.74) is 0. The van der Waals surface area contributed by atoms with Crippen LogP contribution in [-0.2, 0) is 0 Å². The van der Waals surface area contributed by atoms with Crippen LogP contribution < -0.4 is 0 Å². The first-order chi connectivity index (χ1) is 6.77. The third-order valence-corrected chi connectivity index (χ3v) is 4.10. The highest BCUT2D eigenvalue weighted by atomic mass is 16.3. The number of hydrogen-bond acceptors (Lipinski definition) is 2. The fourth-order valence-corrected chi connectivity index (χ4v) is 3.12. The van der Waals surface area contributed by atoms with Crippen molar-refractivity contribution in [1.82, 2.24) is 4.90 Å². The second-order valence-electron chi connectivity index (χ2n) is 5.08. The molecule has 2 nitrogen and oxygen atoms in total. The minimum absolute atomic E-state index is 0.0300. The molecule has 0 saturated heterocycles. The normalized spacial score (nSPS) is 35.4. The van der Waals surface area contributed by atoms with Crippen LogP contribution in [0.15, 0.2) is 0 Å². The van der Waals surface area contributed by atoms with Crippen molar-refractivity contribution in [3.63, 3.8) is 0 Å². The average Bonchev–Trinajstić information content (AvgIpc) is 2.69. The van der Waals surface area contributed by atoms with Crippen LogP contribution in [0.25, 0.3) is 0 Å². The Morgan fingerprint density at radius 3 is 2.21 bits per heavy atom. The van der Waals surface area contributed by atoms with Crippen molar-refractivity contribution < 1.29 is 5.11 Å². The molecule has 2 unspecified atom stereocenters. The van der Waals surface area contributed by atoms with Gasteiger partial charge in [0.25, 0.3) is 0 Å². The quantitative estimate of drug-likeness (QED) is 0.733. The Morgan fingerprint density at radius 1 is 0.929 bits per heavy atom. The molecule has 2 saturated carbocycles. The molecule has 14 heavy (non-hydrogen) atoms. The molecule has 2 fully saturated rings. The van der Waals surface area contributed by atoms with Gasteiger partial charge in [0.05, 0.1) is 6.10 Å². The fourth-order valence-electron chi connectivity index (χ4n) is 3.12. The SMILES string of the molecule is CN(C1CCCC1)C1CCCC(O)C1. The summed E-state index contributed by atoms with van der Waals surface area (Å²) in [6.07, 6.45) is 10.1. The summed E-state index contributed by atoms with van der Waals surface area (Å²) in [5.74, 6) is 0. The van der Waals surface area contributed by atoms with E-state index in [1.54, 1.807) is 0 Å². The highest BCUT2D eigenvalue weighted by Gasteiger charge is 2.29. The lowest BCUT2D eigenvalue weighted by molar-refractivity contribution is 0.0558. The van der Waals surface area contributed by atoms with Crippen LogP contribution >= 0.6 is 0 Å². The van der Waals surface area contributed by atoms with Gasteiger partial charge in [0.1, 0.15) is 0 Å². The molecule has 2 heteroatoms. The molecule has 2 rings (SSSR count). The maximum Gasteiger partial charge on any atom is 0.0555 e. The van der Waals surface area contributed by atoms with Gasteiger partial charge in [0.15, 0.2) is 0 Å². The molecule has 0 radical (unpaired) electrons. The van der Waals surface area contributed by atoms with Crippen LogP contribution in [0.2, 0.25) is 0 Å². The topological polar surface area (TPSA) is 23.5 Å². The van der Waals surface area contributed by atoms with E-state index in [-0.39, 0.29) is 6.10 Å².